The van der Waals surface area contributed by atoms with E-state index in [0.717, 1.165) is 6.42 Å². The summed E-state index contributed by atoms with van der Waals surface area (Å²) in [7, 11) is 0. The zero-order valence-electron chi connectivity index (χ0n) is 9.19. The SMILES string of the molecule is CCCC(C)C(=O)c1c(F)cc(F)cc1F. The summed E-state index contributed by atoms with van der Waals surface area (Å²) in [5.74, 6) is -4.36. The molecule has 0 amide bonds. The normalized spacial score (nSPS) is 12.6. The third kappa shape index (κ3) is 2.62. The molecule has 1 aromatic carbocycles. The van der Waals surface area contributed by atoms with Gasteiger partial charge in [0.05, 0.1) is 5.56 Å². The number of halogens is 3. The maximum atomic E-state index is 13.3. The minimum Gasteiger partial charge on any atom is -0.294 e. The number of carbonyl (C=O) groups is 1. The van der Waals surface area contributed by atoms with E-state index in [0.29, 0.717) is 18.6 Å². The fourth-order valence-corrected chi connectivity index (χ4v) is 1.59. The molecule has 0 saturated carbocycles. The number of Topliss-reactive ketones (excluding diaryl/α,β-unsaturated/α-hetero) is 1. The molecule has 1 rings (SSSR count). The Morgan fingerprint density at radius 2 is 1.75 bits per heavy atom. The lowest BCUT2D eigenvalue weighted by Crippen LogP contribution is -2.15. The molecule has 1 atom stereocenters. The first-order valence-corrected chi connectivity index (χ1v) is 5.16. The van der Waals surface area contributed by atoms with Gasteiger partial charge >= 0.3 is 0 Å². The number of hydrogen-bond donors (Lipinski definition) is 0. The van der Waals surface area contributed by atoms with E-state index in [4.69, 9.17) is 0 Å². The Morgan fingerprint density at radius 1 is 1.25 bits per heavy atom. The van der Waals surface area contributed by atoms with Gasteiger partial charge < -0.3 is 0 Å². The van der Waals surface area contributed by atoms with Crippen LogP contribution in [0.15, 0.2) is 12.1 Å². The Bertz CT molecular complexity index is 378. The Kier molecular flexibility index (Phi) is 4.10. The fraction of sp³-hybridized carbons (Fsp3) is 0.417. The van der Waals surface area contributed by atoms with Gasteiger partial charge in [-0.2, -0.15) is 0 Å². The first-order chi connectivity index (χ1) is 7.47. The van der Waals surface area contributed by atoms with Gasteiger partial charge in [-0.1, -0.05) is 20.3 Å². The first-order valence-electron chi connectivity index (χ1n) is 5.16. The highest BCUT2D eigenvalue weighted by molar-refractivity contribution is 5.98. The third-order valence-electron chi connectivity index (χ3n) is 2.42. The molecular weight excluding hydrogens is 217 g/mol. The molecule has 88 valence electrons. The second-order valence-electron chi connectivity index (χ2n) is 3.80. The van der Waals surface area contributed by atoms with Crippen LogP contribution in [0.25, 0.3) is 0 Å². The molecular formula is C12H13F3O. The van der Waals surface area contributed by atoms with E-state index < -0.39 is 34.7 Å². The van der Waals surface area contributed by atoms with Gasteiger partial charge in [0.25, 0.3) is 0 Å². The molecule has 0 aliphatic carbocycles. The van der Waals surface area contributed by atoms with Crippen LogP contribution in [0.5, 0.6) is 0 Å². The number of benzene rings is 1. The van der Waals surface area contributed by atoms with Crippen molar-refractivity contribution in [1.29, 1.82) is 0 Å². The van der Waals surface area contributed by atoms with Gasteiger partial charge in [-0.15, -0.1) is 0 Å². The van der Waals surface area contributed by atoms with Gasteiger partial charge in [0, 0.05) is 18.1 Å². The minimum absolute atomic E-state index is 0.459. The monoisotopic (exact) mass is 230 g/mol. The van der Waals surface area contributed by atoms with E-state index in [1.54, 1.807) is 6.92 Å². The van der Waals surface area contributed by atoms with Crippen LogP contribution in [0.1, 0.15) is 37.0 Å². The fourth-order valence-electron chi connectivity index (χ4n) is 1.59. The topological polar surface area (TPSA) is 17.1 Å². The second-order valence-corrected chi connectivity index (χ2v) is 3.80. The van der Waals surface area contributed by atoms with Gasteiger partial charge in [0.15, 0.2) is 5.78 Å². The summed E-state index contributed by atoms with van der Waals surface area (Å²) in [6.07, 6.45) is 1.30. The lowest BCUT2D eigenvalue weighted by atomic mass is 9.94. The van der Waals surface area contributed by atoms with Crippen LogP contribution in [0.3, 0.4) is 0 Å². The van der Waals surface area contributed by atoms with E-state index in [2.05, 4.69) is 0 Å². The summed E-state index contributed by atoms with van der Waals surface area (Å²) < 4.78 is 39.2. The standard InChI is InChI=1S/C12H13F3O/c1-3-4-7(2)12(16)11-9(14)5-8(13)6-10(11)15/h5-7H,3-4H2,1-2H3. The summed E-state index contributed by atoms with van der Waals surface area (Å²) in [5, 5.41) is 0. The molecule has 0 heterocycles. The second kappa shape index (κ2) is 5.14. The van der Waals surface area contributed by atoms with Crippen molar-refractivity contribution in [3.8, 4) is 0 Å². The molecule has 0 saturated heterocycles. The van der Waals surface area contributed by atoms with Crippen LogP contribution < -0.4 is 0 Å². The largest absolute Gasteiger partial charge is 0.294 e. The van der Waals surface area contributed by atoms with Crippen molar-refractivity contribution < 1.29 is 18.0 Å². The summed E-state index contributed by atoms with van der Waals surface area (Å²) in [4.78, 5) is 11.7. The predicted molar refractivity (Wildman–Crippen MR) is 54.7 cm³/mol. The lowest BCUT2D eigenvalue weighted by Gasteiger charge is -2.10. The summed E-state index contributed by atoms with van der Waals surface area (Å²) >= 11 is 0. The highest BCUT2D eigenvalue weighted by Crippen LogP contribution is 2.20. The van der Waals surface area contributed by atoms with Crippen LogP contribution in [0, 0.1) is 23.4 Å². The van der Waals surface area contributed by atoms with E-state index in [-0.39, 0.29) is 0 Å². The lowest BCUT2D eigenvalue weighted by molar-refractivity contribution is 0.0914. The highest BCUT2D eigenvalue weighted by Gasteiger charge is 2.22. The smallest absolute Gasteiger partial charge is 0.171 e. The molecule has 4 heteroatoms. The summed E-state index contributed by atoms with van der Waals surface area (Å²) in [6, 6.07) is 1.05. The van der Waals surface area contributed by atoms with Crippen LogP contribution in [-0.4, -0.2) is 5.78 Å². The van der Waals surface area contributed by atoms with Gasteiger partial charge in [0.2, 0.25) is 0 Å². The highest BCUT2D eigenvalue weighted by atomic mass is 19.1. The van der Waals surface area contributed by atoms with Crippen molar-refractivity contribution in [3.05, 3.63) is 35.1 Å². The Labute approximate surface area is 92.3 Å². The molecule has 0 aromatic heterocycles. The van der Waals surface area contributed by atoms with Crippen molar-refractivity contribution >= 4 is 5.78 Å². The zero-order valence-corrected chi connectivity index (χ0v) is 9.19. The number of carbonyl (C=O) groups excluding carboxylic acids is 1. The van der Waals surface area contributed by atoms with Crippen molar-refractivity contribution in [2.75, 3.05) is 0 Å². The molecule has 0 N–H and O–H groups in total. The molecule has 1 aromatic rings. The van der Waals surface area contributed by atoms with Gasteiger partial charge in [-0.3, -0.25) is 4.79 Å². The number of hydrogen-bond acceptors (Lipinski definition) is 1. The summed E-state index contributed by atoms with van der Waals surface area (Å²) in [6.45, 7) is 3.48. The van der Waals surface area contributed by atoms with Crippen molar-refractivity contribution in [3.63, 3.8) is 0 Å². The molecule has 0 aliphatic heterocycles. The summed E-state index contributed by atoms with van der Waals surface area (Å²) in [5.41, 5.74) is -0.637. The van der Waals surface area contributed by atoms with E-state index >= 15 is 0 Å². The first kappa shape index (κ1) is 12.7. The van der Waals surface area contributed by atoms with Crippen LogP contribution in [0.4, 0.5) is 13.2 Å². The average molecular weight is 230 g/mol. The predicted octanol–water partition coefficient (Wildman–Crippen LogP) is 3.72. The maximum absolute atomic E-state index is 13.3. The van der Waals surface area contributed by atoms with E-state index in [9.17, 15) is 18.0 Å². The third-order valence-corrected chi connectivity index (χ3v) is 2.42. The molecule has 0 radical (unpaired) electrons. The van der Waals surface area contributed by atoms with Gasteiger partial charge in [-0.05, 0) is 6.42 Å². The molecule has 1 nitrogen and oxygen atoms in total. The molecule has 0 spiro atoms. The average Bonchev–Trinajstić information content (AvgIpc) is 2.16. The van der Waals surface area contributed by atoms with Crippen LogP contribution in [-0.2, 0) is 0 Å². The maximum Gasteiger partial charge on any atom is 0.171 e. The minimum atomic E-state index is -1.13. The molecule has 0 aliphatic rings. The van der Waals surface area contributed by atoms with Crippen LogP contribution >= 0.6 is 0 Å². The molecule has 0 bridgehead atoms. The van der Waals surface area contributed by atoms with Crippen molar-refractivity contribution in [1.82, 2.24) is 0 Å². The molecule has 16 heavy (non-hydrogen) atoms. The van der Waals surface area contributed by atoms with E-state index in [1.165, 1.54) is 0 Å². The van der Waals surface area contributed by atoms with Crippen molar-refractivity contribution in [2.24, 2.45) is 5.92 Å². The quantitative estimate of drug-likeness (QED) is 0.720. The number of ketones is 1. The Hall–Kier alpha value is -1.32. The molecule has 1 unspecified atom stereocenters. The van der Waals surface area contributed by atoms with Crippen molar-refractivity contribution in [2.45, 2.75) is 26.7 Å². The molecule has 0 fully saturated rings. The van der Waals surface area contributed by atoms with Gasteiger partial charge in [0.1, 0.15) is 17.5 Å². The van der Waals surface area contributed by atoms with Gasteiger partial charge in [-0.25, -0.2) is 13.2 Å². The Balaban J connectivity index is 3.08. The Morgan fingerprint density at radius 3 is 2.19 bits per heavy atom. The van der Waals surface area contributed by atoms with Crippen LogP contribution in [0.2, 0.25) is 0 Å². The van der Waals surface area contributed by atoms with E-state index in [1.807, 2.05) is 6.92 Å². The number of rotatable bonds is 4. The zero-order chi connectivity index (χ0) is 12.3.